The summed E-state index contributed by atoms with van der Waals surface area (Å²) in [6.07, 6.45) is -1.33. The average Bonchev–Trinajstić information content (AvgIpc) is 3.25. The zero-order chi connectivity index (χ0) is 54.9. The van der Waals surface area contributed by atoms with Crippen LogP contribution in [0.15, 0.2) is 0 Å². The van der Waals surface area contributed by atoms with Crippen molar-refractivity contribution in [2.24, 2.45) is 46.6 Å². The molecule has 26 heteroatoms. The van der Waals surface area contributed by atoms with E-state index in [0.29, 0.717) is 25.8 Å². The van der Waals surface area contributed by atoms with Gasteiger partial charge in [0.2, 0.25) is 59.1 Å². The van der Waals surface area contributed by atoms with Gasteiger partial charge in [-0.1, -0.05) is 61.8 Å². The fourth-order valence-electron chi connectivity index (χ4n) is 6.90. The van der Waals surface area contributed by atoms with Gasteiger partial charge in [0.25, 0.3) is 0 Å². The summed E-state index contributed by atoms with van der Waals surface area (Å²) in [4.78, 5) is 156. The molecular formula is C45H80N12O14. The van der Waals surface area contributed by atoms with Crippen molar-refractivity contribution in [3.8, 4) is 0 Å². The van der Waals surface area contributed by atoms with Crippen LogP contribution in [-0.2, 0) is 57.5 Å². The largest absolute Gasteiger partial charge is 0.481 e. The minimum atomic E-state index is -1.67. The maximum Gasteiger partial charge on any atom is 0.326 e. The topological polar surface area (TPSA) is 446 Å². The van der Waals surface area contributed by atoms with Gasteiger partial charge in [0.1, 0.15) is 48.3 Å². The lowest BCUT2D eigenvalue weighted by Crippen LogP contribution is -2.62. The van der Waals surface area contributed by atoms with Crippen molar-refractivity contribution in [2.45, 2.75) is 181 Å². The molecule has 0 saturated carbocycles. The molecule has 0 aromatic carbocycles. The molecule has 0 aliphatic heterocycles. The molecule has 0 fully saturated rings. The molecule has 10 atom stereocenters. The quantitative estimate of drug-likeness (QED) is 0.0279. The predicted molar refractivity (Wildman–Crippen MR) is 257 cm³/mol. The smallest absolute Gasteiger partial charge is 0.326 e. The molecule has 71 heavy (non-hydrogen) atoms. The molecule has 1 unspecified atom stereocenters. The average molecular weight is 1010 g/mol. The number of nitrogens with one attached hydrogen (secondary N) is 8. The maximum absolute atomic E-state index is 14.2. The lowest BCUT2D eigenvalue weighted by Gasteiger charge is -2.30. The number of carbonyl (C=O) groups is 12. The SMILES string of the molecule is CCC(C)[C@H](NC(=O)[C@H](CC(C)C)NC(=O)[C@H](CC(C)C)NC(=O)[C@H](CCC(=O)O)NC(=O)[C@H](CC(N)=O)NC(=O)[C@H](C)N)C(=O)N[C@@H](CC(N)=O)C(=O)N[C@H](C(=O)N[C@@H](CCCCN)C(=O)O)C(C)C. The Balaban J connectivity index is 6.68. The summed E-state index contributed by atoms with van der Waals surface area (Å²) in [5.74, 6) is -13.9. The van der Waals surface area contributed by atoms with Crippen LogP contribution in [0, 0.1) is 23.7 Å². The van der Waals surface area contributed by atoms with Crippen LogP contribution in [0.2, 0.25) is 0 Å². The van der Waals surface area contributed by atoms with Crippen LogP contribution in [0.1, 0.15) is 127 Å². The molecule has 0 radical (unpaired) electrons. The van der Waals surface area contributed by atoms with Crippen LogP contribution in [-0.4, -0.2) is 142 Å². The molecule has 0 bridgehead atoms. The highest BCUT2D eigenvalue weighted by Crippen LogP contribution is 2.14. The van der Waals surface area contributed by atoms with Gasteiger partial charge >= 0.3 is 11.9 Å². The molecule has 404 valence electrons. The number of rotatable bonds is 35. The van der Waals surface area contributed by atoms with Crippen LogP contribution < -0.4 is 65.5 Å². The number of hydrogen-bond acceptors (Lipinski definition) is 14. The van der Waals surface area contributed by atoms with Crippen molar-refractivity contribution < 1.29 is 67.7 Å². The van der Waals surface area contributed by atoms with Crippen molar-refractivity contribution >= 4 is 71.0 Å². The van der Waals surface area contributed by atoms with Crippen LogP contribution >= 0.6 is 0 Å². The van der Waals surface area contributed by atoms with Crippen LogP contribution in [0.25, 0.3) is 0 Å². The molecule has 26 nitrogen and oxygen atoms in total. The Morgan fingerprint density at radius 3 is 1.25 bits per heavy atom. The van der Waals surface area contributed by atoms with Crippen molar-refractivity contribution in [1.82, 2.24) is 42.5 Å². The van der Waals surface area contributed by atoms with E-state index < -0.39 is 163 Å². The van der Waals surface area contributed by atoms with E-state index in [1.807, 2.05) is 0 Å². The first-order chi connectivity index (χ1) is 32.9. The predicted octanol–water partition coefficient (Wildman–Crippen LogP) is -3.16. The van der Waals surface area contributed by atoms with Crippen LogP contribution in [0.4, 0.5) is 0 Å². The van der Waals surface area contributed by atoms with Gasteiger partial charge in [0.15, 0.2) is 0 Å². The third kappa shape index (κ3) is 25.3. The van der Waals surface area contributed by atoms with Gasteiger partial charge in [-0.25, -0.2) is 4.79 Å². The van der Waals surface area contributed by atoms with E-state index in [-0.39, 0.29) is 31.1 Å². The standard InChI is InChI=1S/C45H80N12O14/c1-10-24(8)36(44(69)55-31(20-33(49)59)42(67)56-35(23(6)7)43(68)51-27(45(70)71)13-11-12-16-46)57-41(66)29(18-22(4)5)54-39(64)28(17-21(2)3)53-38(63)26(14-15-34(60)61)50-40(65)30(19-32(48)58)52-37(62)25(9)47/h21-31,35-36H,10-20,46-47H2,1-9H3,(H2,48,58)(H2,49,59)(H,50,65)(H,51,68)(H,52,62)(H,53,63)(H,54,64)(H,55,69)(H,56,67)(H,57,66)(H,60,61)(H,70,71)/t24?,25-,26-,27-,28-,29-,30-,31-,35-,36-/m0/s1. The molecule has 0 aromatic rings. The third-order valence-electron chi connectivity index (χ3n) is 11.1. The Bertz CT molecular complexity index is 1860. The first-order valence-corrected chi connectivity index (χ1v) is 23.9. The highest BCUT2D eigenvalue weighted by molar-refractivity contribution is 5.99. The lowest BCUT2D eigenvalue weighted by atomic mass is 9.95. The third-order valence-corrected chi connectivity index (χ3v) is 11.1. The molecule has 0 spiro atoms. The number of aliphatic carboxylic acids is 2. The Hall–Kier alpha value is -6.44. The van der Waals surface area contributed by atoms with Gasteiger partial charge in [-0.05, 0) is 75.7 Å². The number of amides is 10. The van der Waals surface area contributed by atoms with E-state index in [1.165, 1.54) is 6.92 Å². The second kappa shape index (κ2) is 32.4. The van der Waals surface area contributed by atoms with Crippen LogP contribution in [0.5, 0.6) is 0 Å². The Kier molecular flexibility index (Phi) is 29.5. The van der Waals surface area contributed by atoms with E-state index in [1.54, 1.807) is 55.4 Å². The monoisotopic (exact) mass is 1010 g/mol. The highest BCUT2D eigenvalue weighted by atomic mass is 16.4. The first kappa shape index (κ1) is 64.6. The number of primary amides is 2. The summed E-state index contributed by atoms with van der Waals surface area (Å²) in [6, 6.07) is -12.7. The first-order valence-electron chi connectivity index (χ1n) is 23.9. The normalized spacial score (nSPS) is 15.5. The second-order valence-electron chi connectivity index (χ2n) is 18.9. The van der Waals surface area contributed by atoms with Crippen molar-refractivity contribution in [3.63, 3.8) is 0 Å². The summed E-state index contributed by atoms with van der Waals surface area (Å²) < 4.78 is 0. The molecule has 10 amide bonds. The Morgan fingerprint density at radius 2 is 0.845 bits per heavy atom. The van der Waals surface area contributed by atoms with E-state index in [0.717, 1.165) is 0 Å². The van der Waals surface area contributed by atoms with Gasteiger partial charge in [-0.3, -0.25) is 52.7 Å². The van der Waals surface area contributed by atoms with Crippen molar-refractivity contribution in [1.29, 1.82) is 0 Å². The molecule has 0 rings (SSSR count). The number of carbonyl (C=O) groups excluding carboxylic acids is 10. The van der Waals surface area contributed by atoms with E-state index in [2.05, 4.69) is 42.5 Å². The summed E-state index contributed by atoms with van der Waals surface area (Å²) in [6.45, 7) is 15.1. The number of carboxylic acids is 2. The lowest BCUT2D eigenvalue weighted by molar-refractivity contribution is -0.143. The summed E-state index contributed by atoms with van der Waals surface area (Å²) in [5, 5.41) is 38.8. The minimum Gasteiger partial charge on any atom is -0.481 e. The maximum atomic E-state index is 14.2. The second-order valence-corrected chi connectivity index (χ2v) is 18.9. The zero-order valence-corrected chi connectivity index (χ0v) is 42.4. The summed E-state index contributed by atoms with van der Waals surface area (Å²) in [5.41, 5.74) is 21.8. The van der Waals surface area contributed by atoms with Gasteiger partial charge in [-0.15, -0.1) is 0 Å². The molecular weight excluding hydrogens is 933 g/mol. The highest BCUT2D eigenvalue weighted by Gasteiger charge is 2.37. The van der Waals surface area contributed by atoms with Crippen LogP contribution in [0.3, 0.4) is 0 Å². The number of carboxylic acid groups (broad SMARTS) is 2. The minimum absolute atomic E-state index is 0.00155. The number of hydrogen-bond donors (Lipinski definition) is 14. The van der Waals surface area contributed by atoms with Crippen molar-refractivity contribution in [2.75, 3.05) is 6.54 Å². The molecule has 0 saturated heterocycles. The fraction of sp³-hybridized carbons (Fsp3) is 0.733. The molecule has 0 aliphatic carbocycles. The van der Waals surface area contributed by atoms with Gasteiger partial charge < -0.3 is 75.7 Å². The molecule has 0 heterocycles. The zero-order valence-electron chi connectivity index (χ0n) is 42.4. The van der Waals surface area contributed by atoms with E-state index >= 15 is 0 Å². The molecule has 0 aromatic heterocycles. The Labute approximate surface area is 414 Å². The summed E-state index contributed by atoms with van der Waals surface area (Å²) >= 11 is 0. The number of nitrogens with two attached hydrogens (primary N) is 4. The molecule has 18 N–H and O–H groups in total. The fourth-order valence-corrected chi connectivity index (χ4v) is 6.90. The van der Waals surface area contributed by atoms with E-state index in [9.17, 15) is 67.7 Å². The van der Waals surface area contributed by atoms with Gasteiger partial charge in [0.05, 0.1) is 18.9 Å². The summed E-state index contributed by atoms with van der Waals surface area (Å²) in [7, 11) is 0. The molecule has 0 aliphatic rings. The van der Waals surface area contributed by atoms with E-state index in [4.69, 9.17) is 22.9 Å². The van der Waals surface area contributed by atoms with Gasteiger partial charge in [-0.2, -0.15) is 0 Å². The van der Waals surface area contributed by atoms with Crippen molar-refractivity contribution in [3.05, 3.63) is 0 Å². The van der Waals surface area contributed by atoms with Gasteiger partial charge in [0, 0.05) is 6.42 Å². The number of unbranched alkanes of at least 4 members (excludes halogenated alkanes) is 1. The Morgan fingerprint density at radius 1 is 0.465 bits per heavy atom.